The Hall–Kier alpha value is -0.860. The summed E-state index contributed by atoms with van der Waals surface area (Å²) in [5, 5.41) is 3.38. The molecule has 0 aromatic heterocycles. The van der Waals surface area contributed by atoms with Crippen molar-refractivity contribution in [1.29, 1.82) is 0 Å². The van der Waals surface area contributed by atoms with Gasteiger partial charge in [0.15, 0.2) is 0 Å². The quantitative estimate of drug-likeness (QED) is 0.740. The number of benzene rings is 1. The van der Waals surface area contributed by atoms with Gasteiger partial charge in [-0.1, -0.05) is 30.3 Å². The normalized spacial score (nSPS) is 27.8. The molecule has 2 heteroatoms. The Morgan fingerprint density at radius 1 is 1.38 bits per heavy atom. The molecule has 2 atom stereocenters. The molecule has 0 amide bonds. The highest BCUT2D eigenvalue weighted by Gasteiger charge is 2.20. The molecule has 2 rings (SSSR count). The van der Waals surface area contributed by atoms with Crippen molar-refractivity contribution in [2.24, 2.45) is 0 Å². The molecule has 1 fully saturated rings. The first-order chi connectivity index (χ1) is 6.34. The summed E-state index contributed by atoms with van der Waals surface area (Å²) < 4.78 is 5.43. The Kier molecular flexibility index (Phi) is 2.62. The number of rotatable bonds is 2. The Labute approximate surface area is 78.9 Å². The van der Waals surface area contributed by atoms with E-state index in [4.69, 9.17) is 4.74 Å². The molecule has 1 aliphatic rings. The van der Waals surface area contributed by atoms with E-state index in [1.165, 1.54) is 5.56 Å². The minimum Gasteiger partial charge on any atom is -0.362 e. The maximum atomic E-state index is 5.43. The third-order valence-electron chi connectivity index (χ3n) is 2.34. The maximum Gasteiger partial charge on any atom is 0.105 e. The van der Waals surface area contributed by atoms with E-state index < -0.39 is 0 Å². The van der Waals surface area contributed by atoms with Crippen LogP contribution in [-0.4, -0.2) is 18.9 Å². The van der Waals surface area contributed by atoms with Crippen LogP contribution in [0.2, 0.25) is 0 Å². The van der Waals surface area contributed by atoms with E-state index in [0.29, 0.717) is 6.04 Å². The number of nitrogens with one attached hydrogen (secondary N) is 1. The van der Waals surface area contributed by atoms with E-state index >= 15 is 0 Å². The van der Waals surface area contributed by atoms with Crippen LogP contribution >= 0.6 is 0 Å². The smallest absolute Gasteiger partial charge is 0.105 e. The molecule has 0 aliphatic carbocycles. The third-order valence-corrected chi connectivity index (χ3v) is 2.34. The van der Waals surface area contributed by atoms with Crippen LogP contribution < -0.4 is 5.32 Å². The molecule has 1 aliphatic heterocycles. The van der Waals surface area contributed by atoms with Crippen molar-refractivity contribution in [2.75, 3.05) is 6.61 Å². The van der Waals surface area contributed by atoms with E-state index in [2.05, 4.69) is 29.6 Å². The summed E-state index contributed by atoms with van der Waals surface area (Å²) in [7, 11) is 0. The highest BCUT2D eigenvalue weighted by molar-refractivity contribution is 5.16. The highest BCUT2D eigenvalue weighted by Crippen LogP contribution is 2.09. The molecule has 0 bridgehead atoms. The van der Waals surface area contributed by atoms with Crippen molar-refractivity contribution in [2.45, 2.75) is 25.6 Å². The van der Waals surface area contributed by atoms with Crippen molar-refractivity contribution in [3.63, 3.8) is 0 Å². The van der Waals surface area contributed by atoms with Gasteiger partial charge < -0.3 is 4.74 Å². The molecule has 0 saturated carbocycles. The van der Waals surface area contributed by atoms with E-state index in [0.717, 1.165) is 13.0 Å². The number of ether oxygens (including phenoxy) is 1. The number of hydrogen-bond donors (Lipinski definition) is 1. The average molecular weight is 177 g/mol. The molecule has 70 valence electrons. The van der Waals surface area contributed by atoms with Gasteiger partial charge in [-0.3, -0.25) is 5.32 Å². The van der Waals surface area contributed by atoms with Crippen LogP contribution in [0.1, 0.15) is 12.5 Å². The Morgan fingerprint density at radius 2 is 2.15 bits per heavy atom. The maximum absolute atomic E-state index is 5.43. The van der Waals surface area contributed by atoms with Crippen LogP contribution in [0, 0.1) is 0 Å². The van der Waals surface area contributed by atoms with Gasteiger partial charge in [-0.15, -0.1) is 0 Å². The molecule has 13 heavy (non-hydrogen) atoms. The van der Waals surface area contributed by atoms with E-state index in [9.17, 15) is 0 Å². The van der Waals surface area contributed by atoms with Crippen LogP contribution in [0.25, 0.3) is 0 Å². The Balaban J connectivity index is 1.92. The first-order valence-electron chi connectivity index (χ1n) is 4.76. The van der Waals surface area contributed by atoms with Gasteiger partial charge in [0.1, 0.15) is 6.23 Å². The molecule has 1 heterocycles. The fraction of sp³-hybridized carbons (Fsp3) is 0.455. The third kappa shape index (κ3) is 2.29. The first-order valence-corrected chi connectivity index (χ1v) is 4.76. The van der Waals surface area contributed by atoms with Crippen molar-refractivity contribution in [1.82, 2.24) is 5.32 Å². The second-order valence-corrected chi connectivity index (χ2v) is 3.53. The summed E-state index contributed by atoms with van der Waals surface area (Å²) in [5.41, 5.74) is 1.37. The van der Waals surface area contributed by atoms with Crippen molar-refractivity contribution < 1.29 is 4.74 Å². The van der Waals surface area contributed by atoms with E-state index in [-0.39, 0.29) is 6.23 Å². The SMILES string of the molecule is CC1NC(Cc2ccccc2)CO1. The zero-order valence-corrected chi connectivity index (χ0v) is 7.86. The fourth-order valence-corrected chi connectivity index (χ4v) is 1.71. The van der Waals surface area contributed by atoms with E-state index in [1.54, 1.807) is 0 Å². The molecular formula is C11H15NO. The van der Waals surface area contributed by atoms with Crippen LogP contribution in [0.5, 0.6) is 0 Å². The monoisotopic (exact) mass is 177 g/mol. The second-order valence-electron chi connectivity index (χ2n) is 3.53. The Morgan fingerprint density at radius 3 is 2.77 bits per heavy atom. The average Bonchev–Trinajstić information content (AvgIpc) is 2.53. The largest absolute Gasteiger partial charge is 0.362 e. The minimum atomic E-state index is 0.216. The fourth-order valence-electron chi connectivity index (χ4n) is 1.71. The van der Waals surface area contributed by atoms with Gasteiger partial charge in [-0.05, 0) is 18.9 Å². The summed E-state index contributed by atoms with van der Waals surface area (Å²) in [6.07, 6.45) is 1.28. The lowest BCUT2D eigenvalue weighted by Crippen LogP contribution is -2.30. The van der Waals surface area contributed by atoms with Crippen LogP contribution in [-0.2, 0) is 11.2 Å². The lowest BCUT2D eigenvalue weighted by molar-refractivity contribution is 0.115. The van der Waals surface area contributed by atoms with Crippen molar-refractivity contribution in [3.8, 4) is 0 Å². The molecule has 2 unspecified atom stereocenters. The summed E-state index contributed by atoms with van der Waals surface area (Å²) in [6.45, 7) is 2.88. The molecule has 1 N–H and O–H groups in total. The number of hydrogen-bond acceptors (Lipinski definition) is 2. The Bertz CT molecular complexity index is 260. The van der Waals surface area contributed by atoms with Gasteiger partial charge in [-0.2, -0.15) is 0 Å². The van der Waals surface area contributed by atoms with E-state index in [1.807, 2.05) is 13.0 Å². The second kappa shape index (κ2) is 3.90. The van der Waals surface area contributed by atoms with Crippen LogP contribution in [0.4, 0.5) is 0 Å². The molecule has 0 spiro atoms. The molecule has 1 aromatic rings. The summed E-state index contributed by atoms with van der Waals surface area (Å²) >= 11 is 0. The standard InChI is InChI=1S/C11H15NO/c1-9-12-11(8-13-9)7-10-5-3-2-4-6-10/h2-6,9,11-12H,7-8H2,1H3. The molecule has 2 nitrogen and oxygen atoms in total. The predicted octanol–water partition coefficient (Wildman–Crippen LogP) is 1.56. The summed E-state index contributed by atoms with van der Waals surface area (Å²) in [5.74, 6) is 0. The van der Waals surface area contributed by atoms with Crippen molar-refractivity contribution >= 4 is 0 Å². The van der Waals surface area contributed by atoms with Gasteiger partial charge >= 0.3 is 0 Å². The first kappa shape index (κ1) is 8.73. The van der Waals surface area contributed by atoms with Crippen molar-refractivity contribution in [3.05, 3.63) is 35.9 Å². The predicted molar refractivity (Wildman–Crippen MR) is 52.5 cm³/mol. The van der Waals surface area contributed by atoms with Gasteiger partial charge in [0, 0.05) is 6.04 Å². The van der Waals surface area contributed by atoms with Gasteiger partial charge in [-0.25, -0.2) is 0 Å². The molecule has 1 saturated heterocycles. The summed E-state index contributed by atoms with van der Waals surface area (Å²) in [6, 6.07) is 11.0. The minimum absolute atomic E-state index is 0.216. The zero-order valence-electron chi connectivity index (χ0n) is 7.86. The molecular weight excluding hydrogens is 162 g/mol. The topological polar surface area (TPSA) is 21.3 Å². The highest BCUT2D eigenvalue weighted by atomic mass is 16.5. The van der Waals surface area contributed by atoms with Crippen LogP contribution in [0.15, 0.2) is 30.3 Å². The lowest BCUT2D eigenvalue weighted by atomic mass is 10.1. The van der Waals surface area contributed by atoms with Gasteiger partial charge in [0.05, 0.1) is 6.61 Å². The molecule has 1 aromatic carbocycles. The zero-order chi connectivity index (χ0) is 9.10. The summed E-state index contributed by atoms with van der Waals surface area (Å²) in [4.78, 5) is 0. The lowest BCUT2D eigenvalue weighted by Gasteiger charge is -2.08. The van der Waals surface area contributed by atoms with Gasteiger partial charge in [0.2, 0.25) is 0 Å². The molecule has 0 radical (unpaired) electrons. The van der Waals surface area contributed by atoms with Crippen LogP contribution in [0.3, 0.4) is 0 Å². The van der Waals surface area contributed by atoms with Gasteiger partial charge in [0.25, 0.3) is 0 Å².